The molecule has 4 aromatic carbocycles. The van der Waals surface area contributed by atoms with E-state index in [1.54, 1.807) is 46.3 Å². The van der Waals surface area contributed by atoms with Crippen LogP contribution < -0.4 is 14.8 Å². The summed E-state index contributed by atoms with van der Waals surface area (Å²) in [5, 5.41) is 7.53. The second-order valence-corrected chi connectivity index (χ2v) is 21.5. The second kappa shape index (κ2) is 29.3. The summed E-state index contributed by atoms with van der Waals surface area (Å²) in [6, 6.07) is 30.6. The Labute approximate surface area is 512 Å². The number of benzene rings is 4. The van der Waals surface area contributed by atoms with Crippen molar-refractivity contribution >= 4 is 62.8 Å². The van der Waals surface area contributed by atoms with Crippen LogP contribution in [-0.4, -0.2) is 172 Å². The highest BCUT2D eigenvalue weighted by atomic mass is 16.6. The smallest absolute Gasteiger partial charge is 0.409 e. The molecule has 462 valence electrons. The topological polar surface area (TPSA) is 294 Å². The van der Waals surface area contributed by atoms with E-state index < -0.39 is 29.5 Å². The highest BCUT2D eigenvalue weighted by Gasteiger charge is 2.34. The van der Waals surface area contributed by atoms with Crippen LogP contribution in [0.15, 0.2) is 123 Å². The average Bonchev–Trinajstić information content (AvgIpc) is 1.71. The minimum Gasteiger partial charge on any atom is -0.496 e. The number of hydrogen-bond donors (Lipinski definition) is 3. The van der Waals surface area contributed by atoms with E-state index >= 15 is 0 Å². The molecule has 11 rings (SSSR count). The zero-order valence-corrected chi connectivity index (χ0v) is 49.8. The maximum atomic E-state index is 13.7. The summed E-state index contributed by atoms with van der Waals surface area (Å²) in [5.41, 5.74) is 15.9. The van der Waals surface area contributed by atoms with Gasteiger partial charge in [0.15, 0.2) is 11.6 Å². The van der Waals surface area contributed by atoms with Crippen molar-refractivity contribution in [3.8, 4) is 45.3 Å². The number of azide groups is 1. The standard InChI is InChI=1S/C40H38N6O8.C26H31N3O6/c1-51-35-15-13-31(34-14-12-26(54-34)11-10-25(47)23-52-21-16-43-44-41)37-36(35)32(22-42-37)38(48)39(49)45-17-19-46(20-18-45)40(50)53-24-33-29-8-4-2-6-27(29)28-7-3-5-9-30(28)33;1-3-14-34-16-17(30)4-5-18-6-8-21(35-18)19-7-9-22(33-2)23-20(15-28-24(19)23)25(31)26(32)29-12-10-27-11-13-29/h2-9,12-15,22,33,42H,10-11,16-21,23-24H2,1H3;6-9,15,27-28H,3-5,10-14,16H2,1-2H3. The third-order valence-corrected chi connectivity index (χ3v) is 15.9. The zero-order valence-electron chi connectivity index (χ0n) is 49.8. The first kappa shape index (κ1) is 62.3. The number of fused-ring (bicyclic) bond motifs is 5. The lowest BCUT2D eigenvalue weighted by Crippen LogP contribution is -2.52. The number of furan rings is 2. The molecule has 0 spiro atoms. The fourth-order valence-corrected chi connectivity index (χ4v) is 11.4. The van der Waals surface area contributed by atoms with Crippen LogP contribution in [0.2, 0.25) is 0 Å². The second-order valence-electron chi connectivity index (χ2n) is 21.5. The molecule has 6 heterocycles. The van der Waals surface area contributed by atoms with Gasteiger partial charge in [-0.15, -0.1) is 0 Å². The van der Waals surface area contributed by atoms with E-state index in [0.717, 1.165) is 34.2 Å². The molecule has 0 saturated carbocycles. The number of Topliss-reactive ketones (excluding diaryl/α,β-unsaturated/α-hetero) is 4. The Kier molecular flexibility index (Phi) is 20.5. The molecule has 0 bridgehead atoms. The Bertz CT molecular complexity index is 3900. The molecule has 3 amide bonds. The Balaban J connectivity index is 0.000000215. The molecular weight excluding hydrogens is 1140 g/mol. The Morgan fingerprint density at radius 1 is 0.596 bits per heavy atom. The highest BCUT2D eigenvalue weighted by molar-refractivity contribution is 6.46. The lowest BCUT2D eigenvalue weighted by Gasteiger charge is -2.34. The zero-order chi connectivity index (χ0) is 62.4. The van der Waals surface area contributed by atoms with Crippen LogP contribution in [0.3, 0.4) is 0 Å². The van der Waals surface area contributed by atoms with Crippen molar-refractivity contribution in [2.75, 3.05) is 106 Å². The first-order valence-corrected chi connectivity index (χ1v) is 29.6. The molecule has 23 nitrogen and oxygen atoms in total. The molecule has 3 aliphatic rings. The fraction of sp³-hybridized carbons (Fsp3) is 0.348. The van der Waals surface area contributed by atoms with E-state index in [4.69, 9.17) is 38.0 Å². The molecule has 0 atom stereocenters. The number of carbonyl (C=O) groups excluding carboxylic acids is 7. The number of carbonyl (C=O) groups is 7. The van der Waals surface area contributed by atoms with Gasteiger partial charge >= 0.3 is 6.09 Å². The van der Waals surface area contributed by atoms with E-state index in [0.29, 0.717) is 114 Å². The van der Waals surface area contributed by atoms with Crippen molar-refractivity contribution in [2.24, 2.45) is 5.11 Å². The van der Waals surface area contributed by atoms with E-state index in [9.17, 15) is 33.6 Å². The van der Waals surface area contributed by atoms with Crippen molar-refractivity contribution in [2.45, 2.75) is 44.9 Å². The van der Waals surface area contributed by atoms with Gasteiger partial charge in [-0.25, -0.2) is 4.79 Å². The molecular formula is C66H69N9O14. The number of rotatable bonds is 25. The van der Waals surface area contributed by atoms with Gasteiger partial charge in [0.1, 0.15) is 54.4 Å². The third kappa shape index (κ3) is 14.1. The summed E-state index contributed by atoms with van der Waals surface area (Å²) in [7, 11) is 3.02. The molecule has 2 saturated heterocycles. The van der Waals surface area contributed by atoms with Crippen molar-refractivity contribution in [3.05, 3.63) is 154 Å². The van der Waals surface area contributed by atoms with E-state index in [1.807, 2.05) is 49.4 Å². The maximum Gasteiger partial charge on any atom is 0.409 e. The number of nitrogens with one attached hydrogen (secondary N) is 3. The number of amides is 3. The summed E-state index contributed by atoms with van der Waals surface area (Å²) in [4.78, 5) is 104. The number of ketones is 4. The lowest BCUT2D eigenvalue weighted by atomic mass is 9.98. The monoisotopic (exact) mass is 1210 g/mol. The molecule has 2 aliphatic heterocycles. The van der Waals surface area contributed by atoms with Gasteiger partial charge in [0.05, 0.1) is 53.8 Å². The highest BCUT2D eigenvalue weighted by Crippen LogP contribution is 2.45. The summed E-state index contributed by atoms with van der Waals surface area (Å²) >= 11 is 0. The summed E-state index contributed by atoms with van der Waals surface area (Å²) in [5.74, 6) is 0.658. The number of hydrogen-bond acceptors (Lipinski definition) is 16. The van der Waals surface area contributed by atoms with Gasteiger partial charge in [-0.05, 0) is 82.7 Å². The fourth-order valence-electron chi connectivity index (χ4n) is 11.4. The van der Waals surface area contributed by atoms with Crippen LogP contribution in [0.4, 0.5) is 4.79 Å². The normalized spacial score (nSPS) is 13.7. The van der Waals surface area contributed by atoms with Crippen molar-refractivity contribution in [1.29, 1.82) is 0 Å². The van der Waals surface area contributed by atoms with Gasteiger partial charge in [-0.3, -0.25) is 28.8 Å². The largest absolute Gasteiger partial charge is 0.496 e. The van der Waals surface area contributed by atoms with Gasteiger partial charge < -0.3 is 62.5 Å². The van der Waals surface area contributed by atoms with Crippen LogP contribution in [-0.2, 0) is 46.2 Å². The number of aromatic nitrogens is 2. The van der Waals surface area contributed by atoms with Gasteiger partial charge in [-0.2, -0.15) is 0 Å². The number of ether oxygens (including phenoxy) is 5. The molecule has 0 radical (unpaired) electrons. The quantitative estimate of drug-likeness (QED) is 0.0120. The molecule has 8 aromatic rings. The molecule has 23 heteroatoms. The Hall–Kier alpha value is -9.80. The van der Waals surface area contributed by atoms with E-state index in [1.165, 1.54) is 25.3 Å². The predicted octanol–water partition coefficient (Wildman–Crippen LogP) is 9.52. The van der Waals surface area contributed by atoms with Gasteiger partial charge in [0.25, 0.3) is 23.4 Å². The minimum absolute atomic E-state index is 0.0323. The SMILES string of the molecule is CCCOCC(=O)CCc1ccc(-c2ccc(OC)c3c(C(=O)C(=O)N4CCNCC4)c[nH]c23)o1.COc1ccc(-c2ccc(CCC(=O)COCCN=[N+]=[N-])o2)c2[nH]cc(C(=O)C(=O)N3CCN(C(=O)OCC4c5ccccc5-c5ccccc54)CC3)c12. The van der Waals surface area contributed by atoms with E-state index in [-0.39, 0.29) is 94.2 Å². The Morgan fingerprint density at radius 3 is 1.57 bits per heavy atom. The van der Waals surface area contributed by atoms with Crippen LogP contribution >= 0.6 is 0 Å². The van der Waals surface area contributed by atoms with Gasteiger partial charge in [0, 0.05) is 126 Å². The summed E-state index contributed by atoms with van der Waals surface area (Å²) < 4.78 is 39.5. The molecule has 2 fully saturated rings. The van der Waals surface area contributed by atoms with Gasteiger partial charge in [-0.1, -0.05) is 60.6 Å². The first-order chi connectivity index (χ1) is 43.4. The van der Waals surface area contributed by atoms with Crippen LogP contribution in [0.5, 0.6) is 11.5 Å². The molecule has 4 aromatic heterocycles. The summed E-state index contributed by atoms with van der Waals surface area (Å²) in [6.45, 7) is 6.28. The van der Waals surface area contributed by atoms with E-state index in [2.05, 4.69) is 49.6 Å². The van der Waals surface area contributed by atoms with Crippen molar-refractivity contribution in [1.82, 2.24) is 30.0 Å². The molecule has 3 N–H and O–H groups in total. The Morgan fingerprint density at radius 2 is 1.08 bits per heavy atom. The predicted molar refractivity (Wildman–Crippen MR) is 329 cm³/mol. The number of nitrogens with zero attached hydrogens (tertiary/aromatic N) is 6. The van der Waals surface area contributed by atoms with Crippen molar-refractivity contribution < 1.29 is 66.1 Å². The van der Waals surface area contributed by atoms with Crippen molar-refractivity contribution in [3.63, 3.8) is 0 Å². The third-order valence-electron chi connectivity index (χ3n) is 15.9. The molecule has 1 aliphatic carbocycles. The maximum absolute atomic E-state index is 13.7. The first-order valence-electron chi connectivity index (χ1n) is 29.6. The number of H-pyrrole nitrogens is 2. The number of aryl methyl sites for hydroxylation is 2. The number of aromatic amines is 2. The molecule has 0 unspecified atom stereocenters. The van der Waals surface area contributed by atoms with Crippen LogP contribution in [0, 0.1) is 0 Å². The number of methoxy groups -OCH3 is 2. The lowest BCUT2D eigenvalue weighted by molar-refractivity contribution is -0.128. The minimum atomic E-state index is -0.702. The summed E-state index contributed by atoms with van der Waals surface area (Å²) in [6.07, 6.45) is 4.84. The average molecular weight is 1210 g/mol. The van der Waals surface area contributed by atoms with Crippen LogP contribution in [0.1, 0.15) is 75.5 Å². The number of piperazine rings is 2. The molecule has 89 heavy (non-hydrogen) atoms. The van der Waals surface area contributed by atoms with Crippen LogP contribution in [0.25, 0.3) is 66.0 Å². The van der Waals surface area contributed by atoms with Gasteiger partial charge in [0.2, 0.25) is 0 Å².